The van der Waals surface area contributed by atoms with Crippen molar-refractivity contribution in [3.05, 3.63) is 52.6 Å². The lowest BCUT2D eigenvalue weighted by atomic mass is 10.1. The second-order valence-electron chi connectivity index (χ2n) is 8.41. The average molecular weight is 395 g/mol. The molecule has 0 radical (unpaired) electrons. The van der Waals surface area contributed by atoms with Crippen molar-refractivity contribution in [2.24, 2.45) is 0 Å². The van der Waals surface area contributed by atoms with Gasteiger partial charge in [-0.2, -0.15) is 0 Å². The molecular weight excluding hydrogens is 364 g/mol. The number of likely N-dealkylation sites (tertiary alicyclic amines) is 1. The molecule has 1 aromatic heterocycles. The zero-order valence-electron chi connectivity index (χ0n) is 17.8. The van der Waals surface area contributed by atoms with Crippen LogP contribution in [-0.2, 0) is 17.8 Å². The van der Waals surface area contributed by atoms with E-state index in [-0.39, 0.29) is 11.9 Å². The van der Waals surface area contributed by atoms with E-state index in [1.807, 2.05) is 37.1 Å². The molecule has 0 saturated carbocycles. The largest absolute Gasteiger partial charge is 0.481 e. The van der Waals surface area contributed by atoms with Gasteiger partial charge in [-0.15, -0.1) is 0 Å². The van der Waals surface area contributed by atoms with Gasteiger partial charge in [-0.1, -0.05) is 17.7 Å². The van der Waals surface area contributed by atoms with Crippen molar-refractivity contribution in [1.82, 2.24) is 19.8 Å². The molecule has 1 aromatic carbocycles. The maximum absolute atomic E-state index is 13.2. The summed E-state index contributed by atoms with van der Waals surface area (Å²) in [7, 11) is 2.12. The van der Waals surface area contributed by atoms with E-state index < -0.39 is 6.10 Å². The van der Waals surface area contributed by atoms with E-state index in [2.05, 4.69) is 29.9 Å². The van der Waals surface area contributed by atoms with Gasteiger partial charge in [0.25, 0.3) is 5.91 Å². The molecule has 2 aliphatic heterocycles. The number of aromatic nitrogens is 2. The fourth-order valence-electron chi connectivity index (χ4n) is 4.34. The minimum Gasteiger partial charge on any atom is -0.481 e. The van der Waals surface area contributed by atoms with E-state index in [1.165, 1.54) is 11.1 Å². The van der Waals surface area contributed by atoms with Crippen molar-refractivity contribution in [2.45, 2.75) is 58.7 Å². The van der Waals surface area contributed by atoms with Gasteiger partial charge in [0.2, 0.25) is 0 Å². The maximum Gasteiger partial charge on any atom is 0.263 e. The van der Waals surface area contributed by atoms with Crippen molar-refractivity contribution in [2.75, 3.05) is 20.1 Å². The molecule has 4 rings (SSSR count). The van der Waals surface area contributed by atoms with Crippen LogP contribution < -0.4 is 4.74 Å². The highest BCUT2D eigenvalue weighted by Crippen LogP contribution is 2.32. The van der Waals surface area contributed by atoms with Crippen molar-refractivity contribution in [3.8, 4) is 5.75 Å². The molecule has 0 unspecified atom stereocenters. The number of fused-ring (bicyclic) bond motifs is 1. The van der Waals surface area contributed by atoms with Gasteiger partial charge < -0.3 is 14.5 Å². The van der Waals surface area contributed by atoms with Gasteiger partial charge in [-0.3, -0.25) is 4.79 Å². The van der Waals surface area contributed by atoms with Crippen LogP contribution in [0.3, 0.4) is 0 Å². The van der Waals surface area contributed by atoms with Gasteiger partial charge in [0.15, 0.2) is 11.9 Å². The molecule has 0 N–H and O–H groups in total. The third-order valence-electron chi connectivity index (χ3n) is 5.96. The number of amides is 1. The van der Waals surface area contributed by atoms with Crippen LogP contribution in [0.2, 0.25) is 0 Å². The van der Waals surface area contributed by atoms with Crippen LogP contribution in [-0.4, -0.2) is 51.9 Å². The summed E-state index contributed by atoms with van der Waals surface area (Å²) in [4.78, 5) is 26.9. The summed E-state index contributed by atoms with van der Waals surface area (Å²) in [6, 6.07) is 5.97. The normalized spacial score (nSPS) is 20.4. The second-order valence-corrected chi connectivity index (χ2v) is 8.41. The van der Waals surface area contributed by atoms with E-state index in [4.69, 9.17) is 9.72 Å². The predicted molar refractivity (Wildman–Crippen MR) is 112 cm³/mol. The molecule has 29 heavy (non-hydrogen) atoms. The Morgan fingerprint density at radius 3 is 2.90 bits per heavy atom. The van der Waals surface area contributed by atoms with E-state index in [1.54, 1.807) is 0 Å². The van der Waals surface area contributed by atoms with Gasteiger partial charge in [-0.25, -0.2) is 9.97 Å². The summed E-state index contributed by atoms with van der Waals surface area (Å²) in [5.74, 6) is 1.55. The minimum atomic E-state index is -0.539. The van der Waals surface area contributed by atoms with Crippen LogP contribution in [0.15, 0.2) is 24.4 Å². The van der Waals surface area contributed by atoms with Crippen LogP contribution in [0, 0.1) is 13.8 Å². The van der Waals surface area contributed by atoms with Crippen LogP contribution in [0.5, 0.6) is 5.75 Å². The number of carbonyl (C=O) groups is 1. The van der Waals surface area contributed by atoms with Gasteiger partial charge in [0, 0.05) is 43.5 Å². The number of benzene rings is 1. The molecule has 1 amide bonds. The third-order valence-corrected chi connectivity index (χ3v) is 5.96. The first-order chi connectivity index (χ1) is 13.9. The predicted octanol–water partition coefficient (Wildman–Crippen LogP) is 3.21. The minimum absolute atomic E-state index is 0.00790. The second kappa shape index (κ2) is 8.11. The fourth-order valence-corrected chi connectivity index (χ4v) is 4.34. The number of carbonyl (C=O) groups excluding carboxylic acids is 1. The first-order valence-corrected chi connectivity index (χ1v) is 10.5. The van der Waals surface area contributed by atoms with Crippen LogP contribution >= 0.6 is 0 Å². The highest BCUT2D eigenvalue weighted by Gasteiger charge is 2.35. The lowest BCUT2D eigenvalue weighted by molar-refractivity contribution is -0.139. The highest BCUT2D eigenvalue weighted by molar-refractivity contribution is 5.81. The number of hydrogen-bond acceptors (Lipinski definition) is 5. The van der Waals surface area contributed by atoms with Crippen molar-refractivity contribution >= 4 is 5.91 Å². The zero-order valence-corrected chi connectivity index (χ0v) is 17.8. The molecular formula is C23H30N4O2. The Balaban J connectivity index is 1.49. The SMILES string of the molecule is Cc1ccc(O[C@H](C)C(=O)N2CCC[C@H]2c2ncc3c(n2)CCN(C)C3)c(C)c1. The molecule has 2 aliphatic rings. The van der Waals surface area contributed by atoms with E-state index in [0.29, 0.717) is 0 Å². The smallest absolute Gasteiger partial charge is 0.263 e. The Hall–Kier alpha value is -2.47. The molecule has 154 valence electrons. The number of hydrogen-bond donors (Lipinski definition) is 0. The lowest BCUT2D eigenvalue weighted by Gasteiger charge is -2.29. The molecule has 6 nitrogen and oxygen atoms in total. The highest BCUT2D eigenvalue weighted by atomic mass is 16.5. The van der Waals surface area contributed by atoms with Crippen molar-refractivity contribution in [3.63, 3.8) is 0 Å². The van der Waals surface area contributed by atoms with Gasteiger partial charge >= 0.3 is 0 Å². The monoisotopic (exact) mass is 394 g/mol. The molecule has 0 aliphatic carbocycles. The van der Waals surface area contributed by atoms with E-state index in [9.17, 15) is 4.79 Å². The van der Waals surface area contributed by atoms with Crippen molar-refractivity contribution in [1.29, 1.82) is 0 Å². The van der Waals surface area contributed by atoms with Crippen molar-refractivity contribution < 1.29 is 9.53 Å². The first-order valence-electron chi connectivity index (χ1n) is 10.5. The summed E-state index contributed by atoms with van der Waals surface area (Å²) in [5.41, 5.74) is 4.56. The molecule has 1 saturated heterocycles. The Bertz CT molecular complexity index is 914. The molecule has 3 heterocycles. The zero-order chi connectivity index (χ0) is 20.5. The summed E-state index contributed by atoms with van der Waals surface area (Å²) in [5, 5.41) is 0. The molecule has 0 spiro atoms. The number of likely N-dealkylation sites (N-methyl/N-ethyl adjacent to an activating group) is 1. The topological polar surface area (TPSA) is 58.6 Å². The maximum atomic E-state index is 13.2. The fraction of sp³-hybridized carbons (Fsp3) is 0.522. The Morgan fingerprint density at radius 2 is 2.10 bits per heavy atom. The number of ether oxygens (including phenoxy) is 1. The molecule has 1 fully saturated rings. The van der Waals surface area contributed by atoms with Crippen LogP contribution in [0.1, 0.15) is 54.0 Å². The number of aryl methyl sites for hydroxylation is 2. The summed E-state index contributed by atoms with van der Waals surface area (Å²) in [6.45, 7) is 8.53. The average Bonchev–Trinajstić information content (AvgIpc) is 3.18. The molecule has 2 atom stereocenters. The summed E-state index contributed by atoms with van der Waals surface area (Å²) >= 11 is 0. The van der Waals surface area contributed by atoms with Crippen LogP contribution in [0.25, 0.3) is 0 Å². The lowest BCUT2D eigenvalue weighted by Crippen LogP contribution is -2.40. The van der Waals surface area contributed by atoms with Gasteiger partial charge in [-0.05, 0) is 52.3 Å². The standard InChI is InChI=1S/C23H30N4O2/c1-15-7-8-21(16(2)12-15)29-17(3)23(28)27-10-5-6-20(27)22-24-13-18-14-26(4)11-9-19(18)25-22/h7-8,12-13,17,20H,5-6,9-11,14H2,1-4H3/t17-,20+/m1/s1. The number of rotatable bonds is 4. The number of nitrogens with zero attached hydrogens (tertiary/aromatic N) is 4. The van der Waals surface area contributed by atoms with Crippen LogP contribution in [0.4, 0.5) is 0 Å². The third kappa shape index (κ3) is 4.13. The Morgan fingerprint density at radius 1 is 1.28 bits per heavy atom. The molecule has 2 aromatic rings. The van der Waals surface area contributed by atoms with Gasteiger partial charge in [0.1, 0.15) is 5.75 Å². The Kier molecular flexibility index (Phi) is 5.54. The van der Waals surface area contributed by atoms with Gasteiger partial charge in [0.05, 0.1) is 6.04 Å². The summed E-state index contributed by atoms with van der Waals surface area (Å²) in [6.07, 6.45) is 4.22. The first kappa shape index (κ1) is 19.8. The Labute approximate surface area is 172 Å². The quantitative estimate of drug-likeness (QED) is 0.797. The molecule has 6 heteroatoms. The summed E-state index contributed by atoms with van der Waals surface area (Å²) < 4.78 is 6.02. The van der Waals surface area contributed by atoms with E-state index >= 15 is 0 Å². The molecule has 0 bridgehead atoms. The van der Waals surface area contributed by atoms with E-state index in [0.717, 1.165) is 61.7 Å².